The maximum absolute atomic E-state index is 12.9. The minimum atomic E-state index is -0.435. The van der Waals surface area contributed by atoms with Gasteiger partial charge < -0.3 is 14.8 Å². The van der Waals surface area contributed by atoms with Gasteiger partial charge in [0.05, 0.1) is 19.9 Å². The maximum Gasteiger partial charge on any atom is 0.295 e. The SMILES string of the molecule is COc1ccc(-c2nc(C(=O)Nc3cccc(OC)c3)nn2-c2ccc(Cl)cc2)cc1. The fourth-order valence-electron chi connectivity index (χ4n) is 2.99. The van der Waals surface area contributed by atoms with E-state index in [9.17, 15) is 4.79 Å². The lowest BCUT2D eigenvalue weighted by Gasteiger charge is -2.07. The van der Waals surface area contributed by atoms with Crippen LogP contribution in [-0.2, 0) is 0 Å². The van der Waals surface area contributed by atoms with Crippen molar-refractivity contribution >= 4 is 23.2 Å². The van der Waals surface area contributed by atoms with E-state index in [0.717, 1.165) is 17.0 Å². The third-order valence-corrected chi connectivity index (χ3v) is 4.81. The zero-order valence-electron chi connectivity index (χ0n) is 16.9. The number of carbonyl (C=O) groups is 1. The topological polar surface area (TPSA) is 78.3 Å². The molecule has 1 amide bonds. The van der Waals surface area contributed by atoms with Gasteiger partial charge in [0.25, 0.3) is 5.91 Å². The Morgan fingerprint density at radius 3 is 2.32 bits per heavy atom. The molecule has 0 aliphatic rings. The first-order valence-corrected chi connectivity index (χ1v) is 9.78. The Hall–Kier alpha value is -3.84. The summed E-state index contributed by atoms with van der Waals surface area (Å²) in [7, 11) is 3.17. The van der Waals surface area contributed by atoms with Gasteiger partial charge in [-0.1, -0.05) is 17.7 Å². The first-order valence-electron chi connectivity index (χ1n) is 9.40. The van der Waals surface area contributed by atoms with Crippen LogP contribution in [0.1, 0.15) is 10.6 Å². The molecule has 1 aromatic heterocycles. The number of aromatic nitrogens is 3. The Labute approximate surface area is 184 Å². The number of methoxy groups -OCH3 is 2. The minimum Gasteiger partial charge on any atom is -0.497 e. The molecule has 0 aliphatic carbocycles. The van der Waals surface area contributed by atoms with Crippen LogP contribution in [0.15, 0.2) is 72.8 Å². The average molecular weight is 435 g/mol. The van der Waals surface area contributed by atoms with Gasteiger partial charge in [-0.2, -0.15) is 0 Å². The van der Waals surface area contributed by atoms with E-state index in [2.05, 4.69) is 15.4 Å². The van der Waals surface area contributed by atoms with Crippen LogP contribution in [0.2, 0.25) is 5.02 Å². The van der Waals surface area contributed by atoms with E-state index in [0.29, 0.717) is 22.3 Å². The Kier molecular flexibility index (Phi) is 5.86. The van der Waals surface area contributed by atoms with Crippen LogP contribution >= 0.6 is 11.6 Å². The van der Waals surface area contributed by atoms with E-state index in [-0.39, 0.29) is 5.82 Å². The standard InChI is InChI=1S/C23H19ClN4O3/c1-30-19-12-6-15(7-13-19)22-26-21(27-28(22)18-10-8-16(24)9-11-18)23(29)25-17-4-3-5-20(14-17)31-2/h3-14H,1-2H3,(H,25,29). The first-order chi connectivity index (χ1) is 15.1. The first kappa shape index (κ1) is 20.4. The number of ether oxygens (including phenoxy) is 2. The molecule has 0 fully saturated rings. The molecule has 0 bridgehead atoms. The fourth-order valence-corrected chi connectivity index (χ4v) is 3.11. The summed E-state index contributed by atoms with van der Waals surface area (Å²) in [5.74, 6) is 1.47. The summed E-state index contributed by atoms with van der Waals surface area (Å²) in [4.78, 5) is 17.4. The van der Waals surface area contributed by atoms with E-state index < -0.39 is 5.91 Å². The third kappa shape index (κ3) is 4.51. The quantitative estimate of drug-likeness (QED) is 0.469. The lowest BCUT2D eigenvalue weighted by molar-refractivity contribution is 0.101. The van der Waals surface area contributed by atoms with E-state index in [4.69, 9.17) is 21.1 Å². The normalized spacial score (nSPS) is 10.5. The Balaban J connectivity index is 1.72. The van der Waals surface area contributed by atoms with Gasteiger partial charge in [-0.15, -0.1) is 5.10 Å². The molecule has 1 N–H and O–H groups in total. The van der Waals surface area contributed by atoms with Crippen molar-refractivity contribution in [1.29, 1.82) is 0 Å². The second-order valence-corrected chi connectivity index (χ2v) is 7.00. The number of amides is 1. The number of rotatable bonds is 6. The minimum absolute atomic E-state index is 0.0311. The number of anilines is 1. The summed E-state index contributed by atoms with van der Waals surface area (Å²) in [6.07, 6.45) is 0. The fraction of sp³-hybridized carbons (Fsp3) is 0.0870. The van der Waals surface area contributed by atoms with Crippen LogP contribution in [0, 0.1) is 0 Å². The zero-order chi connectivity index (χ0) is 21.8. The van der Waals surface area contributed by atoms with Crippen LogP contribution in [0.25, 0.3) is 17.1 Å². The van der Waals surface area contributed by atoms with E-state index in [1.807, 2.05) is 36.4 Å². The summed E-state index contributed by atoms with van der Waals surface area (Å²) >= 11 is 6.03. The zero-order valence-corrected chi connectivity index (χ0v) is 17.6. The highest BCUT2D eigenvalue weighted by Crippen LogP contribution is 2.25. The molecule has 3 aromatic carbocycles. The van der Waals surface area contributed by atoms with Gasteiger partial charge >= 0.3 is 0 Å². The van der Waals surface area contributed by atoms with Gasteiger partial charge in [0.15, 0.2) is 5.82 Å². The molecule has 8 heteroatoms. The van der Waals surface area contributed by atoms with Gasteiger partial charge in [0, 0.05) is 22.3 Å². The highest BCUT2D eigenvalue weighted by Gasteiger charge is 2.19. The molecule has 156 valence electrons. The van der Waals surface area contributed by atoms with Crippen molar-refractivity contribution in [2.24, 2.45) is 0 Å². The molecule has 0 spiro atoms. The third-order valence-electron chi connectivity index (χ3n) is 4.56. The van der Waals surface area contributed by atoms with Gasteiger partial charge in [0.1, 0.15) is 11.5 Å². The molecule has 31 heavy (non-hydrogen) atoms. The molecule has 0 aliphatic heterocycles. The molecule has 1 heterocycles. The number of halogens is 1. The Morgan fingerprint density at radius 2 is 1.65 bits per heavy atom. The Morgan fingerprint density at radius 1 is 0.935 bits per heavy atom. The summed E-state index contributed by atoms with van der Waals surface area (Å²) < 4.78 is 12.0. The average Bonchev–Trinajstić information content (AvgIpc) is 3.25. The van der Waals surface area contributed by atoms with Crippen molar-refractivity contribution in [3.8, 4) is 28.6 Å². The Bertz CT molecular complexity index is 1200. The van der Waals surface area contributed by atoms with Gasteiger partial charge in [0.2, 0.25) is 5.82 Å². The van der Waals surface area contributed by atoms with E-state index >= 15 is 0 Å². The number of hydrogen-bond donors (Lipinski definition) is 1. The number of hydrogen-bond acceptors (Lipinski definition) is 5. The van der Waals surface area contributed by atoms with Crippen LogP contribution in [0.5, 0.6) is 11.5 Å². The molecule has 0 saturated heterocycles. The van der Waals surface area contributed by atoms with Gasteiger partial charge in [-0.3, -0.25) is 4.79 Å². The van der Waals surface area contributed by atoms with Crippen molar-refractivity contribution < 1.29 is 14.3 Å². The molecule has 4 rings (SSSR count). The largest absolute Gasteiger partial charge is 0.497 e. The molecule has 0 unspecified atom stereocenters. The molecule has 4 aromatic rings. The monoisotopic (exact) mass is 434 g/mol. The highest BCUT2D eigenvalue weighted by molar-refractivity contribution is 6.30. The molecule has 0 saturated carbocycles. The summed E-state index contributed by atoms with van der Waals surface area (Å²) in [5, 5.41) is 7.86. The molecule has 0 radical (unpaired) electrons. The lowest BCUT2D eigenvalue weighted by Crippen LogP contribution is -2.14. The van der Waals surface area contributed by atoms with E-state index in [1.165, 1.54) is 0 Å². The number of benzene rings is 3. The predicted octanol–water partition coefficient (Wildman–Crippen LogP) is 4.86. The number of nitrogens with one attached hydrogen (secondary N) is 1. The number of carbonyl (C=O) groups excluding carboxylic acids is 1. The second-order valence-electron chi connectivity index (χ2n) is 6.56. The lowest BCUT2D eigenvalue weighted by atomic mass is 10.2. The van der Waals surface area contributed by atoms with Crippen molar-refractivity contribution in [1.82, 2.24) is 14.8 Å². The van der Waals surface area contributed by atoms with E-state index in [1.54, 1.807) is 55.3 Å². The number of nitrogens with zero attached hydrogens (tertiary/aromatic N) is 3. The second kappa shape index (κ2) is 8.89. The van der Waals surface area contributed by atoms with Crippen molar-refractivity contribution in [3.05, 3.63) is 83.6 Å². The van der Waals surface area contributed by atoms with Crippen molar-refractivity contribution in [3.63, 3.8) is 0 Å². The van der Waals surface area contributed by atoms with Crippen molar-refractivity contribution in [2.45, 2.75) is 0 Å². The molecular weight excluding hydrogens is 416 g/mol. The predicted molar refractivity (Wildman–Crippen MR) is 119 cm³/mol. The van der Waals surface area contributed by atoms with Crippen LogP contribution < -0.4 is 14.8 Å². The highest BCUT2D eigenvalue weighted by atomic mass is 35.5. The smallest absolute Gasteiger partial charge is 0.295 e. The molecule has 7 nitrogen and oxygen atoms in total. The molecular formula is C23H19ClN4O3. The molecule has 0 atom stereocenters. The maximum atomic E-state index is 12.9. The van der Waals surface area contributed by atoms with Crippen molar-refractivity contribution in [2.75, 3.05) is 19.5 Å². The summed E-state index contributed by atoms with van der Waals surface area (Å²) in [6.45, 7) is 0. The summed E-state index contributed by atoms with van der Waals surface area (Å²) in [5.41, 5.74) is 2.09. The van der Waals surface area contributed by atoms with Crippen LogP contribution in [0.4, 0.5) is 5.69 Å². The van der Waals surface area contributed by atoms with Gasteiger partial charge in [-0.05, 0) is 60.7 Å². The summed E-state index contributed by atoms with van der Waals surface area (Å²) in [6, 6.07) is 21.6. The van der Waals surface area contributed by atoms with Crippen LogP contribution in [-0.4, -0.2) is 34.9 Å². The van der Waals surface area contributed by atoms with Gasteiger partial charge in [-0.25, -0.2) is 9.67 Å². The van der Waals surface area contributed by atoms with Crippen LogP contribution in [0.3, 0.4) is 0 Å².